The molecule has 6 heteroatoms. The summed E-state index contributed by atoms with van der Waals surface area (Å²) in [6.45, 7) is 4.01. The Morgan fingerprint density at radius 1 is 1.05 bits per heavy atom. The van der Waals surface area contributed by atoms with Crippen molar-refractivity contribution in [3.05, 3.63) is 47.5 Å². The highest BCUT2D eigenvalue weighted by molar-refractivity contribution is 7.89. The fourth-order valence-corrected chi connectivity index (χ4v) is 2.57. The van der Waals surface area contributed by atoms with Crippen molar-refractivity contribution in [2.75, 3.05) is 12.8 Å². The van der Waals surface area contributed by atoms with Gasteiger partial charge in [0.25, 0.3) is 0 Å². The lowest BCUT2D eigenvalue weighted by Gasteiger charge is -2.11. The highest BCUT2D eigenvalue weighted by Gasteiger charge is 2.13. The minimum absolute atomic E-state index is 0.106. The van der Waals surface area contributed by atoms with Gasteiger partial charge in [0, 0.05) is 0 Å². The lowest BCUT2D eigenvalue weighted by Crippen LogP contribution is -2.18. The molecule has 0 amide bonds. The molecule has 0 saturated heterocycles. The standard InChI is InChI=1S/C15H18N2O3S/c1-10-4-5-12(8-11(10)2)20-15-7-6-13(9-14(15)16)21(18,19)17-3/h4-9,17H,16H2,1-3H3. The van der Waals surface area contributed by atoms with Crippen molar-refractivity contribution in [1.82, 2.24) is 4.72 Å². The third kappa shape index (κ3) is 3.34. The Labute approximate surface area is 124 Å². The van der Waals surface area contributed by atoms with Crippen LogP contribution in [-0.2, 0) is 10.0 Å². The van der Waals surface area contributed by atoms with Gasteiger partial charge in [0.15, 0.2) is 0 Å². The summed E-state index contributed by atoms with van der Waals surface area (Å²) in [6.07, 6.45) is 0. The van der Waals surface area contributed by atoms with Gasteiger partial charge in [-0.25, -0.2) is 13.1 Å². The lowest BCUT2D eigenvalue weighted by molar-refractivity contribution is 0.484. The van der Waals surface area contributed by atoms with E-state index in [2.05, 4.69) is 4.72 Å². The monoisotopic (exact) mass is 306 g/mol. The van der Waals surface area contributed by atoms with Crippen molar-refractivity contribution >= 4 is 15.7 Å². The zero-order valence-electron chi connectivity index (χ0n) is 12.2. The number of rotatable bonds is 4. The van der Waals surface area contributed by atoms with Crippen LogP contribution in [0, 0.1) is 13.8 Å². The van der Waals surface area contributed by atoms with Gasteiger partial charge in [-0.3, -0.25) is 0 Å². The van der Waals surface area contributed by atoms with Crippen LogP contribution in [0.4, 0.5) is 5.69 Å². The Hall–Kier alpha value is -2.05. The average Bonchev–Trinajstić information content (AvgIpc) is 2.45. The SMILES string of the molecule is CNS(=O)(=O)c1ccc(Oc2ccc(C)c(C)c2)c(N)c1. The molecule has 0 saturated carbocycles. The predicted octanol–water partition coefficient (Wildman–Crippen LogP) is 2.59. The van der Waals surface area contributed by atoms with Crippen LogP contribution in [0.3, 0.4) is 0 Å². The van der Waals surface area contributed by atoms with E-state index in [1.807, 2.05) is 32.0 Å². The van der Waals surface area contributed by atoms with Gasteiger partial charge < -0.3 is 10.5 Å². The molecule has 3 N–H and O–H groups in total. The highest BCUT2D eigenvalue weighted by Crippen LogP contribution is 2.30. The summed E-state index contributed by atoms with van der Waals surface area (Å²) in [5.41, 5.74) is 8.42. The number of hydrogen-bond acceptors (Lipinski definition) is 4. The first-order valence-electron chi connectivity index (χ1n) is 6.41. The van der Waals surface area contributed by atoms with E-state index in [9.17, 15) is 8.42 Å². The van der Waals surface area contributed by atoms with Crippen molar-refractivity contribution < 1.29 is 13.2 Å². The average molecular weight is 306 g/mol. The predicted molar refractivity (Wildman–Crippen MR) is 83.1 cm³/mol. The summed E-state index contributed by atoms with van der Waals surface area (Å²) in [5.74, 6) is 1.09. The fraction of sp³-hybridized carbons (Fsp3) is 0.200. The largest absolute Gasteiger partial charge is 0.455 e. The van der Waals surface area contributed by atoms with E-state index in [1.54, 1.807) is 6.07 Å². The maximum atomic E-state index is 11.7. The molecule has 5 nitrogen and oxygen atoms in total. The van der Waals surface area contributed by atoms with Crippen LogP contribution in [0.5, 0.6) is 11.5 Å². The van der Waals surface area contributed by atoms with Gasteiger partial charge in [0.05, 0.1) is 10.6 Å². The van der Waals surface area contributed by atoms with Gasteiger partial charge in [0.1, 0.15) is 11.5 Å². The number of sulfonamides is 1. The number of nitrogen functional groups attached to an aromatic ring is 1. The van der Waals surface area contributed by atoms with Gasteiger partial charge in [-0.15, -0.1) is 0 Å². The second kappa shape index (κ2) is 5.75. The van der Waals surface area contributed by atoms with Gasteiger partial charge in [-0.05, 0) is 62.4 Å². The van der Waals surface area contributed by atoms with E-state index in [4.69, 9.17) is 10.5 Å². The molecular weight excluding hydrogens is 288 g/mol. The zero-order chi connectivity index (χ0) is 15.6. The first-order valence-corrected chi connectivity index (χ1v) is 7.90. The third-order valence-electron chi connectivity index (χ3n) is 3.27. The van der Waals surface area contributed by atoms with E-state index < -0.39 is 10.0 Å². The van der Waals surface area contributed by atoms with Gasteiger partial charge in [-0.2, -0.15) is 0 Å². The van der Waals surface area contributed by atoms with Crippen molar-refractivity contribution in [2.24, 2.45) is 0 Å². The Bertz CT molecular complexity index is 770. The molecule has 2 aromatic rings. The summed E-state index contributed by atoms with van der Waals surface area (Å²) in [4.78, 5) is 0.106. The molecule has 0 aliphatic heterocycles. The smallest absolute Gasteiger partial charge is 0.240 e. The summed E-state index contributed by atoms with van der Waals surface area (Å²) in [6, 6.07) is 10.1. The third-order valence-corrected chi connectivity index (χ3v) is 4.68. The van der Waals surface area contributed by atoms with Crippen LogP contribution in [0.1, 0.15) is 11.1 Å². The van der Waals surface area contributed by atoms with Crippen LogP contribution in [-0.4, -0.2) is 15.5 Å². The Morgan fingerprint density at radius 3 is 2.33 bits per heavy atom. The minimum Gasteiger partial charge on any atom is -0.455 e. The molecule has 0 heterocycles. The van der Waals surface area contributed by atoms with Crippen LogP contribution in [0.15, 0.2) is 41.3 Å². The van der Waals surface area contributed by atoms with Crippen LogP contribution in [0.25, 0.3) is 0 Å². The van der Waals surface area contributed by atoms with Crippen molar-refractivity contribution in [3.8, 4) is 11.5 Å². The molecule has 0 radical (unpaired) electrons. The summed E-state index contributed by atoms with van der Waals surface area (Å²) >= 11 is 0. The van der Waals surface area contributed by atoms with Crippen LogP contribution >= 0.6 is 0 Å². The number of ether oxygens (including phenoxy) is 1. The number of benzene rings is 2. The number of anilines is 1. The molecular formula is C15H18N2O3S. The number of nitrogens with one attached hydrogen (secondary N) is 1. The highest BCUT2D eigenvalue weighted by atomic mass is 32.2. The minimum atomic E-state index is -3.51. The Morgan fingerprint density at radius 2 is 1.76 bits per heavy atom. The van der Waals surface area contributed by atoms with Crippen LogP contribution < -0.4 is 15.2 Å². The molecule has 0 bridgehead atoms. The molecule has 2 aromatic carbocycles. The van der Waals surface area contributed by atoms with Crippen molar-refractivity contribution in [3.63, 3.8) is 0 Å². The first-order chi connectivity index (χ1) is 9.83. The zero-order valence-corrected chi connectivity index (χ0v) is 13.0. The summed E-state index contributed by atoms with van der Waals surface area (Å²) in [5, 5.41) is 0. The van der Waals surface area contributed by atoms with E-state index in [0.717, 1.165) is 5.56 Å². The Kier molecular flexibility index (Phi) is 4.20. The quantitative estimate of drug-likeness (QED) is 0.851. The second-order valence-electron chi connectivity index (χ2n) is 4.76. The summed E-state index contributed by atoms with van der Waals surface area (Å²) in [7, 11) is -2.16. The normalized spacial score (nSPS) is 11.4. The lowest BCUT2D eigenvalue weighted by atomic mass is 10.1. The topological polar surface area (TPSA) is 81.4 Å². The van der Waals surface area contributed by atoms with E-state index in [1.165, 1.54) is 24.7 Å². The maximum Gasteiger partial charge on any atom is 0.240 e. The molecule has 0 unspecified atom stereocenters. The van der Waals surface area contributed by atoms with E-state index in [0.29, 0.717) is 11.5 Å². The van der Waals surface area contributed by atoms with E-state index >= 15 is 0 Å². The van der Waals surface area contributed by atoms with Gasteiger partial charge in [-0.1, -0.05) is 6.07 Å². The van der Waals surface area contributed by atoms with E-state index in [-0.39, 0.29) is 10.6 Å². The molecule has 0 aliphatic carbocycles. The molecule has 2 rings (SSSR count). The molecule has 21 heavy (non-hydrogen) atoms. The fourth-order valence-electron chi connectivity index (χ4n) is 1.81. The molecule has 0 aliphatic rings. The molecule has 0 spiro atoms. The van der Waals surface area contributed by atoms with Crippen LogP contribution in [0.2, 0.25) is 0 Å². The van der Waals surface area contributed by atoms with Gasteiger partial charge in [0.2, 0.25) is 10.0 Å². The molecule has 0 atom stereocenters. The molecule has 0 fully saturated rings. The second-order valence-corrected chi connectivity index (χ2v) is 6.64. The number of nitrogens with two attached hydrogens (primary N) is 1. The van der Waals surface area contributed by atoms with Crippen molar-refractivity contribution in [2.45, 2.75) is 18.7 Å². The molecule has 112 valence electrons. The maximum absolute atomic E-state index is 11.7. The van der Waals surface area contributed by atoms with Crippen molar-refractivity contribution in [1.29, 1.82) is 0 Å². The first kappa shape index (κ1) is 15.3. The Balaban J connectivity index is 2.31. The van der Waals surface area contributed by atoms with Gasteiger partial charge >= 0.3 is 0 Å². The number of hydrogen-bond donors (Lipinski definition) is 2. The summed E-state index contributed by atoms with van der Waals surface area (Å²) < 4.78 is 31.3. The number of aryl methyl sites for hydroxylation is 2. The molecule has 0 aromatic heterocycles.